The summed E-state index contributed by atoms with van der Waals surface area (Å²) in [6.07, 6.45) is 0. The molecule has 134 valence electrons. The van der Waals surface area contributed by atoms with Gasteiger partial charge in [-0.05, 0) is 18.1 Å². The Balaban J connectivity index is 1.61. The van der Waals surface area contributed by atoms with Crippen molar-refractivity contribution in [1.82, 2.24) is 15.1 Å². The van der Waals surface area contributed by atoms with E-state index in [-0.39, 0.29) is 11.7 Å². The van der Waals surface area contributed by atoms with Crippen LogP contribution in [0.3, 0.4) is 0 Å². The molecule has 1 aliphatic rings. The number of rotatable bonds is 8. The zero-order chi connectivity index (χ0) is 17.4. The third kappa shape index (κ3) is 6.45. The van der Waals surface area contributed by atoms with E-state index in [1.165, 1.54) is 6.07 Å². The predicted octanol–water partition coefficient (Wildman–Crippen LogP) is 1.59. The third-order valence-corrected chi connectivity index (χ3v) is 4.04. The minimum absolute atomic E-state index is 0.0973. The van der Waals surface area contributed by atoms with E-state index in [1.54, 1.807) is 18.2 Å². The zero-order valence-corrected chi connectivity index (χ0v) is 14.6. The van der Waals surface area contributed by atoms with Crippen molar-refractivity contribution < 1.29 is 13.9 Å². The quantitative estimate of drug-likeness (QED) is 0.783. The average molecular weight is 337 g/mol. The molecule has 1 heterocycles. The maximum absolute atomic E-state index is 13.5. The molecule has 0 aromatic heterocycles. The van der Waals surface area contributed by atoms with E-state index in [2.05, 4.69) is 29.0 Å². The van der Waals surface area contributed by atoms with Gasteiger partial charge in [0.2, 0.25) is 5.91 Å². The first kappa shape index (κ1) is 18.7. The predicted molar refractivity (Wildman–Crippen MR) is 92.6 cm³/mol. The van der Waals surface area contributed by atoms with Crippen molar-refractivity contribution in [3.8, 4) is 5.75 Å². The lowest BCUT2D eigenvalue weighted by atomic mass is 10.2. The van der Waals surface area contributed by atoms with Gasteiger partial charge < -0.3 is 10.1 Å². The Kier molecular flexibility index (Phi) is 7.46. The lowest BCUT2D eigenvalue weighted by molar-refractivity contribution is -0.122. The maximum atomic E-state index is 13.5. The van der Waals surface area contributed by atoms with Crippen molar-refractivity contribution in [2.75, 3.05) is 52.4 Å². The molecule has 5 nitrogen and oxygen atoms in total. The fraction of sp³-hybridized carbons (Fsp3) is 0.611. The Bertz CT molecular complexity index is 517. The number of para-hydroxylation sites is 1. The highest BCUT2D eigenvalue weighted by Gasteiger charge is 2.18. The van der Waals surface area contributed by atoms with Gasteiger partial charge in [0.05, 0.1) is 6.54 Å². The molecule has 0 radical (unpaired) electrons. The van der Waals surface area contributed by atoms with Crippen LogP contribution in [0.2, 0.25) is 0 Å². The van der Waals surface area contributed by atoms with E-state index in [0.29, 0.717) is 24.8 Å². The van der Waals surface area contributed by atoms with E-state index >= 15 is 0 Å². The summed E-state index contributed by atoms with van der Waals surface area (Å²) in [5, 5.41) is 2.95. The minimum atomic E-state index is -0.324. The van der Waals surface area contributed by atoms with Crippen molar-refractivity contribution in [3.63, 3.8) is 0 Å². The second-order valence-electron chi connectivity index (χ2n) is 6.59. The molecule has 24 heavy (non-hydrogen) atoms. The zero-order valence-electron chi connectivity index (χ0n) is 14.6. The topological polar surface area (TPSA) is 44.8 Å². The van der Waals surface area contributed by atoms with E-state index < -0.39 is 0 Å². The molecule has 1 aromatic rings. The van der Waals surface area contributed by atoms with Gasteiger partial charge in [-0.15, -0.1) is 0 Å². The van der Waals surface area contributed by atoms with Crippen LogP contribution in [0.1, 0.15) is 13.8 Å². The molecule has 0 aliphatic carbocycles. The standard InChI is InChI=1S/C18H28FN3O2/c1-15(2)13-20-18(23)14-22-9-7-21(8-10-22)11-12-24-17-6-4-3-5-16(17)19/h3-6,15H,7-14H2,1-2H3,(H,20,23). The highest BCUT2D eigenvalue weighted by atomic mass is 19.1. The summed E-state index contributed by atoms with van der Waals surface area (Å²) in [4.78, 5) is 16.3. The molecule has 0 atom stereocenters. The first-order chi connectivity index (χ1) is 11.5. The minimum Gasteiger partial charge on any atom is -0.489 e. The Hall–Kier alpha value is -1.66. The number of hydrogen-bond donors (Lipinski definition) is 1. The van der Waals surface area contributed by atoms with Crippen LogP contribution in [0.15, 0.2) is 24.3 Å². The van der Waals surface area contributed by atoms with Crippen LogP contribution in [0.5, 0.6) is 5.75 Å². The van der Waals surface area contributed by atoms with Crippen LogP contribution >= 0.6 is 0 Å². The van der Waals surface area contributed by atoms with Gasteiger partial charge in [-0.2, -0.15) is 0 Å². The fourth-order valence-electron chi connectivity index (χ4n) is 2.59. The lowest BCUT2D eigenvalue weighted by Crippen LogP contribution is -2.50. The van der Waals surface area contributed by atoms with Gasteiger partial charge >= 0.3 is 0 Å². The molecule has 1 N–H and O–H groups in total. The fourth-order valence-corrected chi connectivity index (χ4v) is 2.59. The van der Waals surface area contributed by atoms with E-state index in [0.717, 1.165) is 39.3 Å². The summed E-state index contributed by atoms with van der Waals surface area (Å²) >= 11 is 0. The van der Waals surface area contributed by atoms with Crippen LogP contribution in [0, 0.1) is 11.7 Å². The largest absolute Gasteiger partial charge is 0.489 e. The summed E-state index contributed by atoms with van der Waals surface area (Å²) in [5.41, 5.74) is 0. The summed E-state index contributed by atoms with van der Waals surface area (Å²) in [6.45, 7) is 10.1. The van der Waals surface area contributed by atoms with Crippen LogP contribution in [-0.4, -0.2) is 68.1 Å². The molecule has 0 spiro atoms. The molecule has 6 heteroatoms. The molecular formula is C18H28FN3O2. The van der Waals surface area contributed by atoms with Crippen molar-refractivity contribution in [2.45, 2.75) is 13.8 Å². The smallest absolute Gasteiger partial charge is 0.234 e. The molecule has 0 bridgehead atoms. The summed E-state index contributed by atoms with van der Waals surface area (Å²) in [5.74, 6) is 0.549. The highest BCUT2D eigenvalue weighted by molar-refractivity contribution is 5.78. The molecule has 1 aromatic carbocycles. The number of benzene rings is 1. The van der Waals surface area contributed by atoms with Gasteiger partial charge in [0.15, 0.2) is 11.6 Å². The second-order valence-corrected chi connectivity index (χ2v) is 6.59. The Morgan fingerprint density at radius 1 is 1.21 bits per heavy atom. The van der Waals surface area contributed by atoms with Crippen molar-refractivity contribution in [3.05, 3.63) is 30.1 Å². The van der Waals surface area contributed by atoms with E-state index in [1.807, 2.05) is 0 Å². The van der Waals surface area contributed by atoms with Gasteiger partial charge in [-0.1, -0.05) is 26.0 Å². The normalized spacial score (nSPS) is 16.3. The summed E-state index contributed by atoms with van der Waals surface area (Å²) in [7, 11) is 0. The van der Waals surface area contributed by atoms with Crippen molar-refractivity contribution in [1.29, 1.82) is 0 Å². The Labute approximate surface area is 143 Å². The SMILES string of the molecule is CC(C)CNC(=O)CN1CCN(CCOc2ccccc2F)CC1. The number of carbonyl (C=O) groups is 1. The maximum Gasteiger partial charge on any atom is 0.234 e. The van der Waals surface area contributed by atoms with Crippen LogP contribution in [0.4, 0.5) is 4.39 Å². The molecule has 0 unspecified atom stereocenters. The Morgan fingerprint density at radius 2 is 1.88 bits per heavy atom. The number of halogens is 1. The molecule has 1 aliphatic heterocycles. The molecule has 1 amide bonds. The van der Waals surface area contributed by atoms with Crippen molar-refractivity contribution >= 4 is 5.91 Å². The highest BCUT2D eigenvalue weighted by Crippen LogP contribution is 2.15. The van der Waals surface area contributed by atoms with Crippen LogP contribution < -0.4 is 10.1 Å². The van der Waals surface area contributed by atoms with Gasteiger partial charge in [0.25, 0.3) is 0 Å². The van der Waals surface area contributed by atoms with Gasteiger partial charge in [-0.3, -0.25) is 14.6 Å². The first-order valence-electron chi connectivity index (χ1n) is 8.63. The third-order valence-electron chi connectivity index (χ3n) is 4.04. The summed E-state index contributed by atoms with van der Waals surface area (Å²) in [6, 6.07) is 6.46. The average Bonchev–Trinajstić information content (AvgIpc) is 2.56. The molecule has 1 fully saturated rings. The number of carbonyl (C=O) groups excluding carboxylic acids is 1. The molecular weight excluding hydrogens is 309 g/mol. The number of nitrogens with zero attached hydrogens (tertiary/aromatic N) is 2. The molecule has 1 saturated heterocycles. The second kappa shape index (κ2) is 9.59. The monoisotopic (exact) mass is 337 g/mol. The number of nitrogens with one attached hydrogen (secondary N) is 1. The molecule has 0 saturated carbocycles. The summed E-state index contributed by atoms with van der Waals surface area (Å²) < 4.78 is 18.9. The number of amides is 1. The van der Waals surface area contributed by atoms with Crippen LogP contribution in [0.25, 0.3) is 0 Å². The lowest BCUT2D eigenvalue weighted by Gasteiger charge is -2.34. The Morgan fingerprint density at radius 3 is 2.54 bits per heavy atom. The van der Waals surface area contributed by atoms with E-state index in [9.17, 15) is 9.18 Å². The van der Waals surface area contributed by atoms with Gasteiger partial charge in [0, 0.05) is 39.3 Å². The number of piperazine rings is 1. The van der Waals surface area contributed by atoms with Gasteiger partial charge in [-0.25, -0.2) is 4.39 Å². The number of hydrogen-bond acceptors (Lipinski definition) is 4. The van der Waals surface area contributed by atoms with Crippen LogP contribution in [-0.2, 0) is 4.79 Å². The van der Waals surface area contributed by atoms with E-state index in [4.69, 9.17) is 4.74 Å². The van der Waals surface area contributed by atoms with Crippen molar-refractivity contribution in [2.24, 2.45) is 5.92 Å². The molecule has 2 rings (SSSR count). The number of ether oxygens (including phenoxy) is 1. The van der Waals surface area contributed by atoms with Gasteiger partial charge in [0.1, 0.15) is 6.61 Å². The first-order valence-corrected chi connectivity index (χ1v) is 8.63.